The van der Waals surface area contributed by atoms with Gasteiger partial charge in [0.15, 0.2) is 17.5 Å². The molecule has 0 amide bonds. The number of benzene rings is 1. The quantitative estimate of drug-likeness (QED) is 0.219. The van der Waals surface area contributed by atoms with Gasteiger partial charge in [-0.15, -0.1) is 24.0 Å². The van der Waals surface area contributed by atoms with E-state index in [4.69, 9.17) is 18.9 Å². The maximum atomic E-state index is 5.53. The van der Waals surface area contributed by atoms with Crippen LogP contribution in [0.1, 0.15) is 25.3 Å². The summed E-state index contributed by atoms with van der Waals surface area (Å²) in [7, 11) is 6.54. The molecule has 8 heteroatoms. The summed E-state index contributed by atoms with van der Waals surface area (Å²) in [6.07, 6.45) is 2.24. The normalized spacial score (nSPS) is 10.7. The minimum atomic E-state index is 0. The van der Waals surface area contributed by atoms with Gasteiger partial charge in [-0.1, -0.05) is 13.3 Å². The third-order valence-electron chi connectivity index (χ3n) is 3.59. The van der Waals surface area contributed by atoms with Gasteiger partial charge in [-0.25, -0.2) is 0 Å². The Morgan fingerprint density at radius 3 is 2.15 bits per heavy atom. The van der Waals surface area contributed by atoms with Crippen LogP contribution in [0.3, 0.4) is 0 Å². The molecule has 0 heterocycles. The first-order valence-corrected chi connectivity index (χ1v) is 8.51. The average molecular weight is 481 g/mol. The van der Waals surface area contributed by atoms with Crippen LogP contribution in [0.2, 0.25) is 0 Å². The fourth-order valence-corrected chi connectivity index (χ4v) is 2.23. The Morgan fingerprint density at radius 2 is 1.65 bits per heavy atom. The molecule has 0 atom stereocenters. The maximum absolute atomic E-state index is 5.53. The minimum Gasteiger partial charge on any atom is -0.493 e. The summed E-state index contributed by atoms with van der Waals surface area (Å²) in [6, 6.07) is 3.82. The van der Waals surface area contributed by atoms with Crippen molar-refractivity contribution in [3.8, 4) is 17.2 Å². The second kappa shape index (κ2) is 14.7. The van der Waals surface area contributed by atoms with E-state index in [0.717, 1.165) is 25.0 Å². The van der Waals surface area contributed by atoms with E-state index in [1.54, 1.807) is 28.4 Å². The van der Waals surface area contributed by atoms with Crippen molar-refractivity contribution >= 4 is 29.9 Å². The molecule has 1 rings (SSSR count). The summed E-state index contributed by atoms with van der Waals surface area (Å²) >= 11 is 0. The van der Waals surface area contributed by atoms with Crippen LogP contribution >= 0.6 is 24.0 Å². The van der Waals surface area contributed by atoms with Crippen LogP contribution < -0.4 is 24.8 Å². The lowest BCUT2D eigenvalue weighted by molar-refractivity contribution is 0.136. The zero-order chi connectivity index (χ0) is 18.5. The minimum absolute atomic E-state index is 0. The molecule has 26 heavy (non-hydrogen) atoms. The number of hydrogen-bond donors (Lipinski definition) is 2. The van der Waals surface area contributed by atoms with E-state index in [2.05, 4.69) is 22.5 Å². The number of unbranched alkanes of at least 4 members (excludes halogenated alkanes) is 1. The lowest BCUT2D eigenvalue weighted by Crippen LogP contribution is -2.38. The van der Waals surface area contributed by atoms with Gasteiger partial charge in [0.2, 0.25) is 5.75 Å². The summed E-state index contributed by atoms with van der Waals surface area (Å²) in [5.41, 5.74) is 0.997. The molecular weight excluding hydrogens is 449 g/mol. The first-order valence-electron chi connectivity index (χ1n) is 8.51. The predicted molar refractivity (Wildman–Crippen MR) is 115 cm³/mol. The van der Waals surface area contributed by atoms with Crippen molar-refractivity contribution in [3.63, 3.8) is 0 Å². The molecule has 150 valence electrons. The monoisotopic (exact) mass is 481 g/mol. The fraction of sp³-hybridized carbons (Fsp3) is 0.611. The van der Waals surface area contributed by atoms with Crippen LogP contribution in [-0.4, -0.2) is 54.1 Å². The molecule has 2 N–H and O–H groups in total. The summed E-state index contributed by atoms with van der Waals surface area (Å²) in [5, 5.41) is 6.48. The van der Waals surface area contributed by atoms with Gasteiger partial charge in [-0.2, -0.15) is 0 Å². The predicted octanol–water partition coefficient (Wildman–Crippen LogP) is 2.81. The Balaban J connectivity index is 0.00000625. The molecule has 0 aliphatic heterocycles. The summed E-state index contributed by atoms with van der Waals surface area (Å²) in [6.45, 7) is 4.89. The van der Waals surface area contributed by atoms with Gasteiger partial charge in [-0.3, -0.25) is 4.99 Å². The first kappa shape index (κ1) is 24.6. The molecule has 0 fully saturated rings. The second-order valence-corrected chi connectivity index (χ2v) is 5.35. The number of methoxy groups -OCH3 is 3. The van der Waals surface area contributed by atoms with E-state index in [-0.39, 0.29) is 24.0 Å². The Morgan fingerprint density at radius 1 is 1.00 bits per heavy atom. The Bertz CT molecular complexity index is 516. The zero-order valence-electron chi connectivity index (χ0n) is 16.4. The van der Waals surface area contributed by atoms with Crippen molar-refractivity contribution < 1.29 is 18.9 Å². The lowest BCUT2D eigenvalue weighted by atomic mass is 10.2. The summed E-state index contributed by atoms with van der Waals surface area (Å²) in [4.78, 5) is 4.21. The summed E-state index contributed by atoms with van der Waals surface area (Å²) < 4.78 is 21.6. The Labute approximate surface area is 173 Å². The van der Waals surface area contributed by atoms with E-state index in [1.165, 1.54) is 0 Å². The number of guanidine groups is 1. The number of ether oxygens (including phenoxy) is 4. The molecule has 0 aliphatic rings. The number of aliphatic imine (C=N–C) groups is 1. The van der Waals surface area contributed by atoms with Crippen LogP contribution in [0.5, 0.6) is 17.2 Å². The molecule has 1 aromatic carbocycles. The van der Waals surface area contributed by atoms with Crippen molar-refractivity contribution in [2.75, 3.05) is 48.1 Å². The second-order valence-electron chi connectivity index (χ2n) is 5.35. The van der Waals surface area contributed by atoms with Crippen LogP contribution in [0, 0.1) is 0 Å². The van der Waals surface area contributed by atoms with E-state index in [0.29, 0.717) is 42.9 Å². The molecule has 0 bridgehead atoms. The fourth-order valence-electron chi connectivity index (χ4n) is 2.23. The molecule has 0 aromatic heterocycles. The number of nitrogens with zero attached hydrogens (tertiary/aromatic N) is 1. The standard InChI is InChI=1S/C18H31N3O4.HI/c1-6-7-9-25-10-8-20-18(19-2)21-13-14-11-15(22-3)17(24-5)16(12-14)23-4;/h11-12H,6-10,13H2,1-5H3,(H2,19,20,21);1H. The van der Waals surface area contributed by atoms with Crippen LogP contribution in [-0.2, 0) is 11.3 Å². The highest BCUT2D eigenvalue weighted by Crippen LogP contribution is 2.38. The van der Waals surface area contributed by atoms with E-state index < -0.39 is 0 Å². The van der Waals surface area contributed by atoms with Gasteiger partial charge in [0.25, 0.3) is 0 Å². The zero-order valence-corrected chi connectivity index (χ0v) is 18.7. The van der Waals surface area contributed by atoms with Gasteiger partial charge in [-0.05, 0) is 24.1 Å². The lowest BCUT2D eigenvalue weighted by Gasteiger charge is -2.16. The molecule has 1 aromatic rings. The van der Waals surface area contributed by atoms with Crippen LogP contribution in [0.15, 0.2) is 17.1 Å². The summed E-state index contributed by atoms with van der Waals surface area (Å²) in [5.74, 6) is 2.56. The molecule has 0 unspecified atom stereocenters. The maximum Gasteiger partial charge on any atom is 0.203 e. The molecule has 0 radical (unpaired) electrons. The number of halogens is 1. The van der Waals surface area contributed by atoms with Crippen LogP contribution in [0.4, 0.5) is 0 Å². The highest BCUT2D eigenvalue weighted by molar-refractivity contribution is 14.0. The Hall–Kier alpha value is -1.42. The van der Waals surface area contributed by atoms with Crippen LogP contribution in [0.25, 0.3) is 0 Å². The first-order chi connectivity index (χ1) is 12.2. The van der Waals surface area contributed by atoms with E-state index in [1.807, 2.05) is 12.1 Å². The van der Waals surface area contributed by atoms with Crippen molar-refractivity contribution in [2.24, 2.45) is 4.99 Å². The van der Waals surface area contributed by atoms with Gasteiger partial charge in [0.1, 0.15) is 0 Å². The van der Waals surface area contributed by atoms with Crippen molar-refractivity contribution in [1.82, 2.24) is 10.6 Å². The highest BCUT2D eigenvalue weighted by Gasteiger charge is 2.13. The molecule has 0 saturated carbocycles. The molecule has 0 spiro atoms. The largest absolute Gasteiger partial charge is 0.493 e. The molecule has 7 nitrogen and oxygen atoms in total. The third-order valence-corrected chi connectivity index (χ3v) is 3.59. The topological polar surface area (TPSA) is 73.3 Å². The van der Waals surface area contributed by atoms with Crippen molar-refractivity contribution in [1.29, 1.82) is 0 Å². The van der Waals surface area contributed by atoms with E-state index in [9.17, 15) is 0 Å². The third kappa shape index (κ3) is 8.31. The van der Waals surface area contributed by atoms with Gasteiger partial charge in [0, 0.05) is 26.7 Å². The number of hydrogen-bond acceptors (Lipinski definition) is 5. The average Bonchev–Trinajstić information content (AvgIpc) is 2.65. The van der Waals surface area contributed by atoms with Gasteiger partial charge < -0.3 is 29.6 Å². The van der Waals surface area contributed by atoms with Crippen molar-refractivity contribution in [2.45, 2.75) is 26.3 Å². The Kier molecular flexibility index (Phi) is 13.9. The number of rotatable bonds is 11. The van der Waals surface area contributed by atoms with Crippen molar-refractivity contribution in [3.05, 3.63) is 17.7 Å². The molecule has 0 saturated heterocycles. The molecule has 0 aliphatic carbocycles. The van der Waals surface area contributed by atoms with Gasteiger partial charge in [0.05, 0.1) is 27.9 Å². The van der Waals surface area contributed by atoms with Gasteiger partial charge >= 0.3 is 0 Å². The molecular formula is C18H32IN3O4. The smallest absolute Gasteiger partial charge is 0.203 e. The highest BCUT2D eigenvalue weighted by atomic mass is 127. The number of nitrogens with one attached hydrogen (secondary N) is 2. The SMILES string of the molecule is CCCCOCCNC(=NC)NCc1cc(OC)c(OC)c(OC)c1.I. The van der Waals surface area contributed by atoms with E-state index >= 15 is 0 Å².